The van der Waals surface area contributed by atoms with Crippen LogP contribution in [0.25, 0.3) is 11.0 Å². The van der Waals surface area contributed by atoms with Crippen LogP contribution in [-0.4, -0.2) is 30.6 Å². The molecule has 25 heavy (non-hydrogen) atoms. The molecule has 0 unspecified atom stereocenters. The molecule has 1 aromatic heterocycles. The number of rotatable bonds is 6. The first-order chi connectivity index (χ1) is 12.1. The Hall–Kier alpha value is -3.22. The van der Waals surface area contributed by atoms with Gasteiger partial charge in [-0.25, -0.2) is 4.39 Å². The van der Waals surface area contributed by atoms with E-state index in [-0.39, 0.29) is 17.7 Å². The Morgan fingerprint density at radius 2 is 2.00 bits per heavy atom. The Labute approximate surface area is 142 Å². The van der Waals surface area contributed by atoms with Crippen molar-refractivity contribution in [1.82, 2.24) is 5.16 Å². The number of nitrogens with zero attached hydrogens (tertiary/aromatic N) is 1. The maximum Gasteiger partial charge on any atom is 0.312 e. The van der Waals surface area contributed by atoms with Crippen molar-refractivity contribution in [3.05, 3.63) is 59.5 Å². The van der Waals surface area contributed by atoms with Crippen LogP contribution in [0.2, 0.25) is 0 Å². The first kappa shape index (κ1) is 16.6. The third kappa shape index (κ3) is 3.65. The van der Waals surface area contributed by atoms with Crippen LogP contribution in [0.4, 0.5) is 4.39 Å². The first-order valence-electron chi connectivity index (χ1n) is 7.44. The number of hydrogen-bond acceptors (Lipinski definition) is 6. The molecule has 0 atom stereocenters. The number of Topliss-reactive ketones (excluding diaryl/α,β-unsaturated/α-hetero) is 1. The standard InChI is InChI=1S/C18H14FNO5/c1-23-16-7-6-11(19)8-13(16)15(21)10-24-18(22)9-14-12-4-2-3-5-17(12)25-20-14/h2-8H,9-10H2,1H3. The van der Waals surface area contributed by atoms with Gasteiger partial charge in [-0.05, 0) is 30.3 Å². The van der Waals surface area contributed by atoms with E-state index in [9.17, 15) is 14.0 Å². The Bertz CT molecular complexity index is 934. The van der Waals surface area contributed by atoms with Crippen molar-refractivity contribution in [1.29, 1.82) is 0 Å². The van der Waals surface area contributed by atoms with Gasteiger partial charge in [-0.1, -0.05) is 17.3 Å². The van der Waals surface area contributed by atoms with Crippen molar-refractivity contribution in [3.8, 4) is 5.75 Å². The second kappa shape index (κ2) is 7.12. The number of fused-ring (bicyclic) bond motifs is 1. The predicted molar refractivity (Wildman–Crippen MR) is 86.0 cm³/mol. The smallest absolute Gasteiger partial charge is 0.312 e. The molecule has 0 N–H and O–H groups in total. The van der Waals surface area contributed by atoms with Crippen LogP contribution >= 0.6 is 0 Å². The van der Waals surface area contributed by atoms with Crippen molar-refractivity contribution in [2.24, 2.45) is 0 Å². The molecular weight excluding hydrogens is 329 g/mol. The number of esters is 1. The summed E-state index contributed by atoms with van der Waals surface area (Å²) in [5.41, 5.74) is 1.00. The summed E-state index contributed by atoms with van der Waals surface area (Å²) in [6.07, 6.45) is -0.134. The average Bonchev–Trinajstić information content (AvgIpc) is 3.02. The summed E-state index contributed by atoms with van der Waals surface area (Å²) in [7, 11) is 1.37. The minimum Gasteiger partial charge on any atom is -0.496 e. The van der Waals surface area contributed by atoms with Gasteiger partial charge in [0.25, 0.3) is 0 Å². The molecule has 0 fully saturated rings. The predicted octanol–water partition coefficient (Wildman–Crippen LogP) is 2.94. The van der Waals surface area contributed by atoms with Crippen LogP contribution in [0.15, 0.2) is 47.0 Å². The van der Waals surface area contributed by atoms with E-state index in [4.69, 9.17) is 14.0 Å². The summed E-state index contributed by atoms with van der Waals surface area (Å²) in [6, 6.07) is 10.7. The highest BCUT2D eigenvalue weighted by molar-refractivity contribution is 6.00. The van der Waals surface area contributed by atoms with Gasteiger partial charge in [0, 0.05) is 5.39 Å². The minimum absolute atomic E-state index is 0.0159. The lowest BCUT2D eigenvalue weighted by Gasteiger charge is -2.08. The number of para-hydroxylation sites is 1. The Kier molecular flexibility index (Phi) is 4.74. The van der Waals surface area contributed by atoms with Crippen LogP contribution in [0, 0.1) is 5.82 Å². The summed E-state index contributed by atoms with van der Waals surface area (Å²) in [5.74, 6) is -1.56. The highest BCUT2D eigenvalue weighted by Crippen LogP contribution is 2.21. The zero-order valence-corrected chi connectivity index (χ0v) is 13.3. The summed E-state index contributed by atoms with van der Waals surface area (Å²) in [4.78, 5) is 24.1. The van der Waals surface area contributed by atoms with Crippen molar-refractivity contribution in [2.45, 2.75) is 6.42 Å². The van der Waals surface area contributed by atoms with Gasteiger partial charge in [0.05, 0.1) is 19.1 Å². The molecule has 3 aromatic rings. The molecule has 0 saturated carbocycles. The van der Waals surface area contributed by atoms with Crippen LogP contribution in [0.5, 0.6) is 5.75 Å². The van der Waals surface area contributed by atoms with Gasteiger partial charge >= 0.3 is 5.97 Å². The molecule has 6 nitrogen and oxygen atoms in total. The van der Waals surface area contributed by atoms with E-state index < -0.39 is 24.2 Å². The van der Waals surface area contributed by atoms with E-state index >= 15 is 0 Å². The Morgan fingerprint density at radius 3 is 2.80 bits per heavy atom. The fourth-order valence-corrected chi connectivity index (χ4v) is 2.38. The van der Waals surface area contributed by atoms with Crippen molar-refractivity contribution >= 4 is 22.7 Å². The lowest BCUT2D eigenvalue weighted by atomic mass is 10.1. The number of methoxy groups -OCH3 is 1. The summed E-state index contributed by atoms with van der Waals surface area (Å²) in [6.45, 7) is -0.519. The van der Waals surface area contributed by atoms with E-state index in [2.05, 4.69) is 5.16 Å². The lowest BCUT2D eigenvalue weighted by molar-refractivity contribution is -0.141. The van der Waals surface area contributed by atoms with Crippen LogP contribution < -0.4 is 4.74 Å². The second-order valence-electron chi connectivity index (χ2n) is 5.23. The van der Waals surface area contributed by atoms with Gasteiger partial charge in [0.2, 0.25) is 5.78 Å². The topological polar surface area (TPSA) is 78.6 Å². The van der Waals surface area contributed by atoms with E-state index in [1.165, 1.54) is 19.2 Å². The minimum atomic E-state index is -0.636. The number of carbonyl (C=O) groups excluding carboxylic acids is 2. The molecule has 0 amide bonds. The molecule has 128 valence electrons. The number of carbonyl (C=O) groups is 2. The molecule has 7 heteroatoms. The van der Waals surface area contributed by atoms with Crippen molar-refractivity contribution in [3.63, 3.8) is 0 Å². The van der Waals surface area contributed by atoms with Gasteiger partial charge < -0.3 is 14.0 Å². The third-order valence-corrected chi connectivity index (χ3v) is 3.59. The molecule has 0 aliphatic rings. The first-order valence-corrected chi connectivity index (χ1v) is 7.44. The Balaban J connectivity index is 1.64. The largest absolute Gasteiger partial charge is 0.496 e. The van der Waals surface area contributed by atoms with Crippen LogP contribution in [0.1, 0.15) is 16.1 Å². The molecule has 1 heterocycles. The molecule has 0 aliphatic heterocycles. The molecule has 3 rings (SSSR count). The van der Waals surface area contributed by atoms with E-state index in [1.807, 2.05) is 0 Å². The maximum absolute atomic E-state index is 13.3. The molecule has 0 bridgehead atoms. The molecule has 0 aliphatic carbocycles. The molecule has 0 saturated heterocycles. The van der Waals surface area contributed by atoms with Gasteiger partial charge in [-0.3, -0.25) is 9.59 Å². The number of ether oxygens (including phenoxy) is 2. The number of aromatic nitrogens is 1. The summed E-state index contributed by atoms with van der Waals surface area (Å²) >= 11 is 0. The fraction of sp³-hybridized carbons (Fsp3) is 0.167. The lowest BCUT2D eigenvalue weighted by Crippen LogP contribution is -2.16. The summed E-state index contributed by atoms with van der Waals surface area (Å²) < 4.78 is 28.4. The third-order valence-electron chi connectivity index (χ3n) is 3.59. The zero-order chi connectivity index (χ0) is 17.8. The molecular formula is C18H14FNO5. The van der Waals surface area contributed by atoms with Crippen molar-refractivity contribution < 1.29 is 28.0 Å². The van der Waals surface area contributed by atoms with E-state index in [1.54, 1.807) is 24.3 Å². The fourth-order valence-electron chi connectivity index (χ4n) is 2.38. The Morgan fingerprint density at radius 1 is 1.20 bits per heavy atom. The van der Waals surface area contributed by atoms with Crippen LogP contribution in [-0.2, 0) is 16.0 Å². The normalized spacial score (nSPS) is 10.6. The second-order valence-corrected chi connectivity index (χ2v) is 5.23. The highest BCUT2D eigenvalue weighted by Gasteiger charge is 2.17. The number of benzene rings is 2. The zero-order valence-electron chi connectivity index (χ0n) is 13.3. The van der Waals surface area contributed by atoms with Gasteiger partial charge in [0.15, 0.2) is 12.2 Å². The maximum atomic E-state index is 13.3. The van der Waals surface area contributed by atoms with Gasteiger partial charge in [-0.15, -0.1) is 0 Å². The van der Waals surface area contributed by atoms with Gasteiger partial charge in [-0.2, -0.15) is 0 Å². The monoisotopic (exact) mass is 343 g/mol. The van der Waals surface area contributed by atoms with Crippen molar-refractivity contribution in [2.75, 3.05) is 13.7 Å². The number of halogens is 1. The quantitative estimate of drug-likeness (QED) is 0.506. The highest BCUT2D eigenvalue weighted by atomic mass is 19.1. The molecule has 0 radical (unpaired) electrons. The van der Waals surface area contributed by atoms with E-state index in [0.29, 0.717) is 16.7 Å². The van der Waals surface area contributed by atoms with E-state index in [0.717, 1.165) is 6.07 Å². The molecule has 0 spiro atoms. The number of hydrogen-bond donors (Lipinski definition) is 0. The van der Waals surface area contributed by atoms with Crippen LogP contribution in [0.3, 0.4) is 0 Å². The SMILES string of the molecule is COc1ccc(F)cc1C(=O)COC(=O)Cc1noc2ccccc12. The molecule has 2 aromatic carbocycles. The van der Waals surface area contributed by atoms with Gasteiger partial charge in [0.1, 0.15) is 17.3 Å². The summed E-state index contributed by atoms with van der Waals surface area (Å²) in [5, 5.41) is 4.54. The average molecular weight is 343 g/mol. The number of ketones is 1.